The first-order valence-corrected chi connectivity index (χ1v) is 11.5. The van der Waals surface area contributed by atoms with Crippen molar-refractivity contribution in [2.75, 3.05) is 19.6 Å². The number of fused-ring (bicyclic) bond motifs is 1. The van der Waals surface area contributed by atoms with Crippen LogP contribution in [-0.4, -0.2) is 30.4 Å². The Hall–Kier alpha value is -2.15. The average Bonchev–Trinajstić information content (AvgIpc) is 3.13. The maximum absolute atomic E-state index is 12.9. The molecule has 1 fully saturated rings. The van der Waals surface area contributed by atoms with Crippen LogP contribution in [0.4, 0.5) is 0 Å². The molecule has 1 N–H and O–H groups in total. The number of halogens is 1. The molecule has 7 heteroatoms. The second-order valence-corrected chi connectivity index (χ2v) is 9.03. The molecule has 1 atom stereocenters. The number of rotatable bonds is 5. The van der Waals surface area contributed by atoms with Gasteiger partial charge in [0, 0.05) is 17.5 Å². The molecule has 1 aromatic carbocycles. The molecule has 4 rings (SSSR count). The maximum atomic E-state index is 12.9. The van der Waals surface area contributed by atoms with E-state index in [1.807, 2.05) is 19.9 Å². The monoisotopic (exact) mass is 460 g/mol. The number of carbonyl (C=O) groups excluding carboxylic acids is 1. The molecule has 166 valence electrons. The molecule has 0 saturated carbocycles. The van der Waals surface area contributed by atoms with Crippen molar-refractivity contribution in [1.82, 2.24) is 10.2 Å². The molecule has 31 heavy (non-hydrogen) atoms. The molecule has 0 bridgehead atoms. The van der Waals surface area contributed by atoms with E-state index in [2.05, 4.69) is 27.7 Å². The first kappa shape index (κ1) is 23.5. The van der Waals surface area contributed by atoms with Crippen LogP contribution >= 0.6 is 23.7 Å². The van der Waals surface area contributed by atoms with Crippen LogP contribution in [0.2, 0.25) is 0 Å². The topological polar surface area (TPSA) is 62.6 Å². The fraction of sp³-hybridized carbons (Fsp3) is 0.417. The fourth-order valence-electron chi connectivity index (χ4n) is 4.14. The number of nitrogens with zero attached hydrogens (tertiary/aromatic N) is 1. The predicted molar refractivity (Wildman–Crippen MR) is 129 cm³/mol. The van der Waals surface area contributed by atoms with Gasteiger partial charge >= 0.3 is 0 Å². The Labute approximate surface area is 192 Å². The fourth-order valence-corrected chi connectivity index (χ4v) is 5.00. The van der Waals surface area contributed by atoms with Crippen LogP contribution in [0.15, 0.2) is 44.9 Å². The Morgan fingerprint density at radius 1 is 1.16 bits per heavy atom. The van der Waals surface area contributed by atoms with Gasteiger partial charge in [-0.3, -0.25) is 14.5 Å². The van der Waals surface area contributed by atoms with E-state index in [4.69, 9.17) is 4.42 Å². The molecule has 3 aromatic rings. The number of nitrogens with one attached hydrogen (secondary N) is 1. The second-order valence-electron chi connectivity index (χ2n) is 8.05. The lowest BCUT2D eigenvalue weighted by Gasteiger charge is -2.30. The van der Waals surface area contributed by atoms with Crippen molar-refractivity contribution in [3.63, 3.8) is 0 Å². The Kier molecular flexibility index (Phi) is 7.92. The molecule has 3 heterocycles. The van der Waals surface area contributed by atoms with Gasteiger partial charge in [-0.2, -0.15) is 0 Å². The van der Waals surface area contributed by atoms with Crippen molar-refractivity contribution < 1.29 is 9.21 Å². The number of aryl methyl sites for hydroxylation is 2. The van der Waals surface area contributed by atoms with Gasteiger partial charge in [0.2, 0.25) is 0 Å². The van der Waals surface area contributed by atoms with Gasteiger partial charge in [0.1, 0.15) is 5.58 Å². The first-order valence-electron chi connectivity index (χ1n) is 10.6. The van der Waals surface area contributed by atoms with Gasteiger partial charge in [0.05, 0.1) is 11.4 Å². The van der Waals surface area contributed by atoms with E-state index in [1.165, 1.54) is 36.6 Å². The number of benzene rings is 1. The van der Waals surface area contributed by atoms with Crippen molar-refractivity contribution in [2.24, 2.45) is 0 Å². The van der Waals surface area contributed by atoms with Gasteiger partial charge in [-0.05, 0) is 68.4 Å². The summed E-state index contributed by atoms with van der Waals surface area (Å²) in [6.45, 7) is 6.46. The van der Waals surface area contributed by atoms with Gasteiger partial charge in [-0.25, -0.2) is 0 Å². The summed E-state index contributed by atoms with van der Waals surface area (Å²) in [7, 11) is 0. The lowest BCUT2D eigenvalue weighted by molar-refractivity contribution is 0.0907. The summed E-state index contributed by atoms with van der Waals surface area (Å²) in [5, 5.41) is 5.61. The minimum atomic E-state index is -0.341. The normalized spacial score (nSPS) is 15.8. The molecule has 1 aliphatic rings. The molecule has 0 aliphatic carbocycles. The van der Waals surface area contributed by atoms with E-state index in [0.717, 1.165) is 24.2 Å². The molecule has 1 unspecified atom stereocenters. The first-order chi connectivity index (χ1) is 14.5. The molecule has 1 aliphatic heterocycles. The number of likely N-dealkylation sites (tertiary alicyclic amines) is 1. The van der Waals surface area contributed by atoms with E-state index in [-0.39, 0.29) is 35.5 Å². The third kappa shape index (κ3) is 5.20. The SMILES string of the molecule is Cc1ccc2c(=O)cc(C(=O)NCC(c3cccs3)N3CCCCCC3)oc2c1C.Cl. The zero-order valence-electron chi connectivity index (χ0n) is 18.0. The lowest BCUT2D eigenvalue weighted by atomic mass is 10.1. The summed E-state index contributed by atoms with van der Waals surface area (Å²) in [6, 6.07) is 9.30. The molecular weight excluding hydrogens is 432 g/mol. The van der Waals surface area contributed by atoms with E-state index in [9.17, 15) is 9.59 Å². The van der Waals surface area contributed by atoms with Gasteiger partial charge in [-0.1, -0.05) is 25.0 Å². The average molecular weight is 461 g/mol. The summed E-state index contributed by atoms with van der Waals surface area (Å²) < 4.78 is 5.88. The van der Waals surface area contributed by atoms with Crippen molar-refractivity contribution in [1.29, 1.82) is 0 Å². The summed E-state index contributed by atoms with van der Waals surface area (Å²) in [6.07, 6.45) is 4.91. The predicted octanol–water partition coefficient (Wildman–Crippen LogP) is 5.24. The van der Waals surface area contributed by atoms with Crippen molar-refractivity contribution >= 4 is 40.6 Å². The molecule has 0 spiro atoms. The second kappa shape index (κ2) is 10.4. The third-order valence-electron chi connectivity index (χ3n) is 6.05. The van der Waals surface area contributed by atoms with Gasteiger partial charge in [0.15, 0.2) is 11.2 Å². The molecule has 1 saturated heterocycles. The van der Waals surface area contributed by atoms with Crippen LogP contribution in [0, 0.1) is 13.8 Å². The lowest BCUT2D eigenvalue weighted by Crippen LogP contribution is -2.38. The van der Waals surface area contributed by atoms with E-state index in [1.54, 1.807) is 17.4 Å². The highest BCUT2D eigenvalue weighted by atomic mass is 35.5. The largest absolute Gasteiger partial charge is 0.450 e. The highest BCUT2D eigenvalue weighted by molar-refractivity contribution is 7.10. The van der Waals surface area contributed by atoms with E-state index < -0.39 is 0 Å². The zero-order valence-corrected chi connectivity index (χ0v) is 19.6. The third-order valence-corrected chi connectivity index (χ3v) is 7.02. The smallest absolute Gasteiger partial charge is 0.287 e. The van der Waals surface area contributed by atoms with Crippen LogP contribution in [0.1, 0.15) is 58.3 Å². The number of carbonyl (C=O) groups is 1. The molecule has 5 nitrogen and oxygen atoms in total. The standard InChI is InChI=1S/C24H28N2O3S.ClH/c1-16-9-10-18-20(27)14-21(29-23(18)17(16)2)24(28)25-15-19(22-8-7-13-30-22)26-11-5-3-4-6-12-26;/h7-10,13-14,19H,3-6,11-12,15H2,1-2H3,(H,25,28);1H. The van der Waals surface area contributed by atoms with Crippen LogP contribution in [0.3, 0.4) is 0 Å². The maximum Gasteiger partial charge on any atom is 0.287 e. The van der Waals surface area contributed by atoms with E-state index in [0.29, 0.717) is 17.5 Å². The van der Waals surface area contributed by atoms with Crippen molar-refractivity contribution in [3.05, 3.63) is 67.7 Å². The highest BCUT2D eigenvalue weighted by Crippen LogP contribution is 2.27. The molecule has 1 amide bonds. The minimum absolute atomic E-state index is 0. The minimum Gasteiger partial charge on any atom is -0.450 e. The van der Waals surface area contributed by atoms with Crippen LogP contribution < -0.4 is 10.7 Å². The summed E-state index contributed by atoms with van der Waals surface area (Å²) in [4.78, 5) is 29.2. The number of thiophene rings is 1. The van der Waals surface area contributed by atoms with E-state index >= 15 is 0 Å². The summed E-state index contributed by atoms with van der Waals surface area (Å²) >= 11 is 1.72. The Morgan fingerprint density at radius 3 is 2.58 bits per heavy atom. The van der Waals surface area contributed by atoms with Crippen LogP contribution in [-0.2, 0) is 0 Å². The van der Waals surface area contributed by atoms with Crippen molar-refractivity contribution in [3.8, 4) is 0 Å². The molecule has 2 aromatic heterocycles. The number of hydrogen-bond donors (Lipinski definition) is 1. The summed E-state index contributed by atoms with van der Waals surface area (Å²) in [5.41, 5.74) is 2.23. The van der Waals surface area contributed by atoms with Gasteiger partial charge < -0.3 is 9.73 Å². The highest BCUT2D eigenvalue weighted by Gasteiger charge is 2.24. The van der Waals surface area contributed by atoms with Crippen LogP contribution in [0.25, 0.3) is 11.0 Å². The van der Waals surface area contributed by atoms with Crippen molar-refractivity contribution in [2.45, 2.75) is 45.6 Å². The Bertz CT molecular complexity index is 1090. The Balaban J connectivity index is 0.00000272. The van der Waals surface area contributed by atoms with Gasteiger partial charge in [0.25, 0.3) is 5.91 Å². The number of hydrogen-bond acceptors (Lipinski definition) is 5. The number of amides is 1. The zero-order chi connectivity index (χ0) is 21.1. The van der Waals surface area contributed by atoms with Gasteiger partial charge in [-0.15, -0.1) is 23.7 Å². The quantitative estimate of drug-likeness (QED) is 0.565. The summed E-state index contributed by atoms with van der Waals surface area (Å²) in [5.74, 6) is -0.270. The molecular formula is C24H29ClN2O3S. The van der Waals surface area contributed by atoms with Crippen LogP contribution in [0.5, 0.6) is 0 Å². The molecule has 0 radical (unpaired) electrons. The Morgan fingerprint density at radius 2 is 1.90 bits per heavy atom.